The number of anilines is 1. The highest BCUT2D eigenvalue weighted by atomic mass is 16.5. The van der Waals surface area contributed by atoms with Crippen molar-refractivity contribution in [1.29, 1.82) is 0 Å². The number of unbranched alkanes of at least 4 members (excludes halogenated alkanes) is 2. The van der Waals surface area contributed by atoms with Crippen LogP contribution >= 0.6 is 0 Å². The molecule has 2 aromatic carbocycles. The molecular formula is C27H36N2O4. The number of rotatable bonds is 12. The molecule has 0 bridgehead atoms. The Morgan fingerprint density at radius 2 is 1.82 bits per heavy atom. The number of carboxylic acid groups (broad SMARTS) is 1. The predicted octanol–water partition coefficient (Wildman–Crippen LogP) is 6.36. The molecule has 0 saturated heterocycles. The third-order valence-corrected chi connectivity index (χ3v) is 5.41. The first-order chi connectivity index (χ1) is 15.9. The molecule has 0 aliphatic carbocycles. The summed E-state index contributed by atoms with van der Waals surface area (Å²) in [6, 6.07) is 13.4. The Balaban J connectivity index is 2.38. The largest absolute Gasteiger partial charge is 0.493 e. The monoisotopic (exact) mass is 452 g/mol. The summed E-state index contributed by atoms with van der Waals surface area (Å²) >= 11 is 0. The van der Waals surface area contributed by atoms with E-state index in [1.165, 1.54) is 0 Å². The fraction of sp³-hybridized carbons (Fsp3) is 0.407. The zero-order chi connectivity index (χ0) is 24.2. The van der Waals surface area contributed by atoms with Crippen molar-refractivity contribution in [2.45, 2.75) is 52.9 Å². The van der Waals surface area contributed by atoms with E-state index in [1.807, 2.05) is 49.4 Å². The van der Waals surface area contributed by atoms with Crippen molar-refractivity contribution in [2.75, 3.05) is 25.1 Å². The van der Waals surface area contributed by atoms with E-state index in [0.29, 0.717) is 30.9 Å². The van der Waals surface area contributed by atoms with E-state index >= 15 is 0 Å². The van der Waals surface area contributed by atoms with Gasteiger partial charge in [0.15, 0.2) is 0 Å². The molecule has 0 radical (unpaired) electrons. The molecule has 2 aromatic rings. The van der Waals surface area contributed by atoms with Gasteiger partial charge in [0, 0.05) is 30.4 Å². The number of ether oxygens (including phenoxy) is 1. The van der Waals surface area contributed by atoms with Crippen LogP contribution in [0.4, 0.5) is 10.5 Å². The quantitative estimate of drug-likeness (QED) is 0.290. The molecule has 0 unspecified atom stereocenters. The molecule has 33 heavy (non-hydrogen) atoms. The minimum atomic E-state index is -0.914. The van der Waals surface area contributed by atoms with Crippen molar-refractivity contribution in [3.8, 4) is 16.9 Å². The number of carbonyl (C=O) groups excluding carboxylic acids is 1. The first kappa shape index (κ1) is 26.0. The van der Waals surface area contributed by atoms with Crippen LogP contribution in [-0.2, 0) is 4.79 Å². The Morgan fingerprint density at radius 1 is 1.06 bits per heavy atom. The van der Waals surface area contributed by atoms with Crippen molar-refractivity contribution < 1.29 is 19.4 Å². The van der Waals surface area contributed by atoms with E-state index in [1.54, 1.807) is 18.0 Å². The third kappa shape index (κ3) is 7.67. The van der Waals surface area contributed by atoms with Gasteiger partial charge in [-0.1, -0.05) is 57.9 Å². The minimum Gasteiger partial charge on any atom is -0.493 e. The van der Waals surface area contributed by atoms with Crippen LogP contribution in [0.15, 0.2) is 48.0 Å². The maximum absolute atomic E-state index is 12.5. The van der Waals surface area contributed by atoms with Gasteiger partial charge in [0.1, 0.15) is 5.75 Å². The smallest absolute Gasteiger partial charge is 0.331 e. The molecule has 0 spiro atoms. The summed E-state index contributed by atoms with van der Waals surface area (Å²) in [5.41, 5.74) is 3.74. The van der Waals surface area contributed by atoms with Crippen LogP contribution < -0.4 is 15.0 Å². The second-order valence-corrected chi connectivity index (χ2v) is 7.98. The number of carboxylic acids is 1. The summed E-state index contributed by atoms with van der Waals surface area (Å²) in [4.78, 5) is 25.5. The van der Waals surface area contributed by atoms with Crippen LogP contribution in [0.2, 0.25) is 0 Å². The van der Waals surface area contributed by atoms with Crippen molar-refractivity contribution in [1.82, 2.24) is 5.32 Å². The van der Waals surface area contributed by atoms with Gasteiger partial charge in [-0.05, 0) is 54.7 Å². The summed E-state index contributed by atoms with van der Waals surface area (Å²) < 4.78 is 6.09. The number of benzene rings is 2. The van der Waals surface area contributed by atoms with E-state index in [4.69, 9.17) is 4.74 Å². The third-order valence-electron chi connectivity index (χ3n) is 5.41. The van der Waals surface area contributed by atoms with E-state index in [-0.39, 0.29) is 6.03 Å². The van der Waals surface area contributed by atoms with E-state index in [9.17, 15) is 14.7 Å². The van der Waals surface area contributed by atoms with Gasteiger partial charge < -0.3 is 15.2 Å². The van der Waals surface area contributed by atoms with Gasteiger partial charge in [0.05, 0.1) is 6.61 Å². The number of urea groups is 1. The molecule has 2 amide bonds. The summed E-state index contributed by atoms with van der Waals surface area (Å²) in [5.74, 6) is -0.215. The van der Waals surface area contributed by atoms with Gasteiger partial charge >= 0.3 is 12.0 Å². The Kier molecular flexibility index (Phi) is 10.5. The fourth-order valence-electron chi connectivity index (χ4n) is 3.32. The lowest BCUT2D eigenvalue weighted by atomic mass is 10.0. The molecule has 0 atom stereocenters. The highest BCUT2D eigenvalue weighted by Gasteiger charge is 2.14. The highest BCUT2D eigenvalue weighted by molar-refractivity contribution is 5.93. The second-order valence-electron chi connectivity index (χ2n) is 7.98. The Labute approximate surface area is 197 Å². The molecule has 0 heterocycles. The zero-order valence-electron chi connectivity index (χ0n) is 20.2. The van der Waals surface area contributed by atoms with Gasteiger partial charge in [-0.15, -0.1) is 0 Å². The molecular weight excluding hydrogens is 416 g/mol. The summed E-state index contributed by atoms with van der Waals surface area (Å²) in [6.45, 7) is 7.25. The van der Waals surface area contributed by atoms with Crippen LogP contribution in [0, 0.1) is 0 Å². The van der Waals surface area contributed by atoms with Crippen LogP contribution in [0.5, 0.6) is 5.75 Å². The summed E-state index contributed by atoms with van der Waals surface area (Å²) in [6.07, 6.45) is 6.04. The molecule has 0 aliphatic heterocycles. The van der Waals surface area contributed by atoms with Crippen LogP contribution in [0.3, 0.4) is 0 Å². The first-order valence-electron chi connectivity index (χ1n) is 11.7. The average Bonchev–Trinajstić information content (AvgIpc) is 2.82. The fourth-order valence-corrected chi connectivity index (χ4v) is 3.32. The van der Waals surface area contributed by atoms with Crippen LogP contribution in [0.1, 0.15) is 58.4 Å². The Bertz CT molecular complexity index is 968. The lowest BCUT2D eigenvalue weighted by Gasteiger charge is -2.19. The number of carbonyl (C=O) groups is 2. The number of nitrogens with zero attached hydrogens (tertiary/aromatic N) is 1. The first-order valence-corrected chi connectivity index (χ1v) is 11.7. The lowest BCUT2D eigenvalue weighted by molar-refractivity contribution is -0.132. The van der Waals surface area contributed by atoms with Crippen molar-refractivity contribution in [3.05, 3.63) is 53.6 Å². The molecule has 0 saturated carbocycles. The van der Waals surface area contributed by atoms with E-state index < -0.39 is 5.97 Å². The molecule has 6 nitrogen and oxygen atoms in total. The predicted molar refractivity (Wildman–Crippen MR) is 135 cm³/mol. The highest BCUT2D eigenvalue weighted by Crippen LogP contribution is 2.34. The van der Waals surface area contributed by atoms with Crippen LogP contribution in [0.25, 0.3) is 17.2 Å². The van der Waals surface area contributed by atoms with Crippen molar-refractivity contribution in [2.24, 2.45) is 0 Å². The number of hydrogen-bond donors (Lipinski definition) is 2. The van der Waals surface area contributed by atoms with Crippen LogP contribution in [-0.4, -0.2) is 37.3 Å². The van der Waals surface area contributed by atoms with Gasteiger partial charge in [-0.2, -0.15) is 0 Å². The Morgan fingerprint density at radius 3 is 2.48 bits per heavy atom. The summed E-state index contributed by atoms with van der Waals surface area (Å²) in [7, 11) is 1.76. The molecule has 2 N–H and O–H groups in total. The SMILES string of the molecule is CCCCNC(=O)N(C)c1cccc(-c2ccc(/C=C(/CC)C(=O)O)cc2OCCCC)c1. The van der Waals surface area contributed by atoms with Gasteiger partial charge in [-0.3, -0.25) is 4.90 Å². The van der Waals surface area contributed by atoms with Gasteiger partial charge in [0.25, 0.3) is 0 Å². The number of nitrogens with one attached hydrogen (secondary N) is 1. The number of aliphatic carboxylic acids is 1. The topological polar surface area (TPSA) is 78.9 Å². The minimum absolute atomic E-state index is 0.138. The maximum Gasteiger partial charge on any atom is 0.331 e. The molecule has 6 heteroatoms. The number of hydrogen-bond acceptors (Lipinski definition) is 3. The second kappa shape index (κ2) is 13.3. The summed E-state index contributed by atoms with van der Waals surface area (Å²) in [5, 5.41) is 12.3. The van der Waals surface area contributed by atoms with Crippen molar-refractivity contribution in [3.63, 3.8) is 0 Å². The molecule has 0 aromatic heterocycles. The zero-order valence-corrected chi connectivity index (χ0v) is 20.2. The molecule has 0 fully saturated rings. The normalized spacial score (nSPS) is 11.2. The van der Waals surface area contributed by atoms with E-state index in [0.717, 1.165) is 48.1 Å². The van der Waals surface area contributed by atoms with Crippen molar-refractivity contribution >= 4 is 23.8 Å². The van der Waals surface area contributed by atoms with Gasteiger partial charge in [0.2, 0.25) is 0 Å². The standard InChI is InChI=1S/C27H36N2O4/c1-5-8-15-28-27(32)29(4)23-12-10-11-22(19-23)24-14-13-20(17-21(7-3)26(30)31)18-25(24)33-16-9-6-2/h10-14,17-19H,5-9,15-16H2,1-4H3,(H,28,32)(H,30,31)/b21-17-. The lowest BCUT2D eigenvalue weighted by Crippen LogP contribution is -2.37. The maximum atomic E-state index is 12.5. The van der Waals surface area contributed by atoms with E-state index in [2.05, 4.69) is 19.2 Å². The van der Waals surface area contributed by atoms with Gasteiger partial charge in [-0.25, -0.2) is 9.59 Å². The molecule has 0 aliphatic rings. The average molecular weight is 453 g/mol. The molecule has 2 rings (SSSR count). The Hall–Kier alpha value is -3.28. The number of amides is 2. The molecule has 178 valence electrons.